The van der Waals surface area contributed by atoms with Crippen LogP contribution in [0.25, 0.3) is 22.4 Å². The third kappa shape index (κ3) is 6.52. The van der Waals surface area contributed by atoms with Gasteiger partial charge in [-0.25, -0.2) is 8.42 Å². The van der Waals surface area contributed by atoms with E-state index in [1.165, 1.54) is 0 Å². The van der Waals surface area contributed by atoms with Crippen LogP contribution in [0, 0.1) is 0 Å². The summed E-state index contributed by atoms with van der Waals surface area (Å²) in [5.74, 6) is 1.45. The molecule has 2 aromatic heterocycles. The molecule has 1 aliphatic rings. The van der Waals surface area contributed by atoms with E-state index in [1.54, 1.807) is 10.9 Å². The van der Waals surface area contributed by atoms with E-state index < -0.39 is 15.4 Å². The van der Waals surface area contributed by atoms with Crippen molar-refractivity contribution in [1.82, 2.24) is 19.9 Å². The highest BCUT2D eigenvalue weighted by molar-refractivity contribution is 7.92. The highest BCUT2D eigenvalue weighted by Crippen LogP contribution is 2.31. The first-order chi connectivity index (χ1) is 17.0. The number of nitrogens with zero attached hydrogens (tertiary/aromatic N) is 4. The van der Waals surface area contributed by atoms with Gasteiger partial charge in [-0.1, -0.05) is 37.4 Å². The van der Waals surface area contributed by atoms with Gasteiger partial charge in [0.25, 0.3) is 5.89 Å². The fourth-order valence-electron chi connectivity index (χ4n) is 4.64. The fourth-order valence-corrected chi connectivity index (χ4v) is 6.00. The first-order valence-corrected chi connectivity index (χ1v) is 14.6. The van der Waals surface area contributed by atoms with Gasteiger partial charge < -0.3 is 9.26 Å². The van der Waals surface area contributed by atoms with E-state index in [-0.39, 0.29) is 29.4 Å². The number of ether oxygens (including phenoxy) is 1. The number of esters is 1. The molecule has 0 saturated carbocycles. The maximum Gasteiger partial charge on any atom is 0.306 e. The van der Waals surface area contributed by atoms with Gasteiger partial charge in [0.2, 0.25) is 0 Å². The van der Waals surface area contributed by atoms with Crippen molar-refractivity contribution in [2.24, 2.45) is 0 Å². The number of carbonyl (C=O) groups is 1. The number of sulfone groups is 1. The summed E-state index contributed by atoms with van der Waals surface area (Å²) in [4.78, 5) is 16.6. The lowest BCUT2D eigenvalue weighted by atomic mass is 9.95. The number of benzene rings is 1. The van der Waals surface area contributed by atoms with Crippen molar-refractivity contribution >= 4 is 26.7 Å². The van der Waals surface area contributed by atoms with Crippen molar-refractivity contribution < 1.29 is 22.5 Å². The molecule has 0 aliphatic carbocycles. The Morgan fingerprint density at radius 2 is 1.97 bits per heavy atom. The van der Waals surface area contributed by atoms with Crippen molar-refractivity contribution in [3.63, 3.8) is 0 Å². The number of aromatic nitrogens is 4. The molecular weight excluding hydrogens is 480 g/mol. The van der Waals surface area contributed by atoms with E-state index in [9.17, 15) is 13.2 Å². The van der Waals surface area contributed by atoms with Gasteiger partial charge in [0.05, 0.1) is 29.3 Å². The van der Waals surface area contributed by atoms with Crippen LogP contribution in [0.5, 0.6) is 0 Å². The van der Waals surface area contributed by atoms with Crippen LogP contribution < -0.4 is 0 Å². The molecule has 0 radical (unpaired) electrons. The molecular formula is C26H36N4O5S. The molecule has 1 fully saturated rings. The number of unbranched alkanes of at least 4 members (excludes halogenated alkanes) is 2. The zero-order valence-corrected chi connectivity index (χ0v) is 22.4. The summed E-state index contributed by atoms with van der Waals surface area (Å²) in [7, 11) is -2.95. The van der Waals surface area contributed by atoms with E-state index >= 15 is 0 Å². The molecule has 1 atom stereocenters. The maximum absolute atomic E-state index is 11.9. The molecule has 9 nitrogen and oxygen atoms in total. The highest BCUT2D eigenvalue weighted by Gasteiger charge is 2.36. The second-order valence-electron chi connectivity index (χ2n) is 10.7. The van der Waals surface area contributed by atoms with Gasteiger partial charge in [-0.15, -0.1) is 0 Å². The van der Waals surface area contributed by atoms with E-state index in [4.69, 9.17) is 14.2 Å². The van der Waals surface area contributed by atoms with Gasteiger partial charge in [0.1, 0.15) is 5.60 Å². The summed E-state index contributed by atoms with van der Waals surface area (Å²) < 4.78 is 36.1. The summed E-state index contributed by atoms with van der Waals surface area (Å²) >= 11 is 0. The molecule has 0 N–H and O–H groups in total. The molecule has 0 spiro atoms. The minimum Gasteiger partial charge on any atom is -0.460 e. The van der Waals surface area contributed by atoms with Gasteiger partial charge >= 0.3 is 5.97 Å². The lowest BCUT2D eigenvalue weighted by Crippen LogP contribution is -2.38. The number of fused-ring (bicyclic) bond motifs is 1. The zero-order chi connectivity index (χ0) is 25.9. The molecule has 1 unspecified atom stereocenters. The Hall–Kier alpha value is -2.75. The lowest BCUT2D eigenvalue weighted by Gasteiger charge is -2.26. The van der Waals surface area contributed by atoms with Crippen molar-refractivity contribution in [3.8, 4) is 11.5 Å². The topological polar surface area (TPSA) is 117 Å². The Kier molecular flexibility index (Phi) is 7.82. The van der Waals surface area contributed by atoms with Crippen molar-refractivity contribution in [1.29, 1.82) is 0 Å². The third-order valence-corrected chi connectivity index (χ3v) is 8.17. The minimum absolute atomic E-state index is 0.120. The average molecular weight is 517 g/mol. The molecule has 1 aliphatic heterocycles. The minimum atomic E-state index is -2.95. The van der Waals surface area contributed by atoms with E-state index in [1.807, 2.05) is 39.0 Å². The normalized spacial score (nSPS) is 16.7. The summed E-state index contributed by atoms with van der Waals surface area (Å²) in [6.45, 7) is 7.79. The van der Waals surface area contributed by atoms with Gasteiger partial charge in [0.15, 0.2) is 15.7 Å². The Balaban J connectivity index is 1.38. The van der Waals surface area contributed by atoms with Crippen LogP contribution in [0.1, 0.15) is 90.4 Å². The molecule has 196 valence electrons. The second-order valence-corrected chi connectivity index (χ2v) is 12.9. The smallest absolute Gasteiger partial charge is 0.306 e. The van der Waals surface area contributed by atoms with Crippen LogP contribution in [-0.2, 0) is 19.4 Å². The summed E-state index contributed by atoms with van der Waals surface area (Å²) in [5.41, 5.74) is 1.21. The molecule has 10 heteroatoms. The van der Waals surface area contributed by atoms with Crippen LogP contribution in [-0.4, -0.2) is 51.4 Å². The second kappa shape index (κ2) is 10.7. The molecule has 0 bridgehead atoms. The zero-order valence-electron chi connectivity index (χ0n) is 21.6. The van der Waals surface area contributed by atoms with E-state index in [0.717, 1.165) is 55.0 Å². The number of carbonyl (C=O) groups excluding carboxylic acids is 1. The Bertz CT molecular complexity index is 1290. The van der Waals surface area contributed by atoms with Gasteiger partial charge in [-0.3, -0.25) is 9.48 Å². The van der Waals surface area contributed by atoms with Crippen molar-refractivity contribution in [3.05, 3.63) is 30.2 Å². The molecule has 3 heterocycles. The summed E-state index contributed by atoms with van der Waals surface area (Å²) in [6, 6.07) is 5.68. The van der Waals surface area contributed by atoms with Crippen LogP contribution in [0.15, 0.2) is 28.9 Å². The molecule has 0 amide bonds. The highest BCUT2D eigenvalue weighted by atomic mass is 32.2. The van der Waals surface area contributed by atoms with E-state index in [2.05, 4.69) is 17.2 Å². The first kappa shape index (κ1) is 26.3. The number of hydrogen-bond donors (Lipinski definition) is 0. The average Bonchev–Trinajstić information content (AvgIpc) is 3.42. The van der Waals surface area contributed by atoms with Crippen LogP contribution in [0.4, 0.5) is 0 Å². The third-order valence-electron chi connectivity index (χ3n) is 6.38. The SMILES string of the molecule is CCCC(CCCCCC(=O)OC(C)(C)C)c1noc(-c2ccc3cnn(C4CS(=O)(=O)C4)c3c2)n1. The van der Waals surface area contributed by atoms with Gasteiger partial charge in [0, 0.05) is 23.3 Å². The molecule has 1 saturated heterocycles. The maximum atomic E-state index is 11.9. The fraction of sp³-hybridized carbons (Fsp3) is 0.615. The van der Waals surface area contributed by atoms with Crippen molar-refractivity contribution in [2.75, 3.05) is 11.5 Å². The molecule has 3 aromatic rings. The molecule has 4 rings (SSSR count). The quantitative estimate of drug-likeness (QED) is 0.251. The van der Waals surface area contributed by atoms with Crippen LogP contribution in [0.2, 0.25) is 0 Å². The predicted octanol–water partition coefficient (Wildman–Crippen LogP) is 5.23. The molecule has 36 heavy (non-hydrogen) atoms. The van der Waals surface area contributed by atoms with Gasteiger partial charge in [-0.05, 0) is 52.2 Å². The largest absolute Gasteiger partial charge is 0.460 e. The Morgan fingerprint density at radius 3 is 2.67 bits per heavy atom. The summed E-state index contributed by atoms with van der Waals surface area (Å²) in [5, 5.41) is 9.64. The first-order valence-electron chi connectivity index (χ1n) is 12.8. The Labute approximate surface area is 212 Å². The predicted molar refractivity (Wildman–Crippen MR) is 137 cm³/mol. The Morgan fingerprint density at radius 1 is 1.19 bits per heavy atom. The van der Waals surface area contributed by atoms with E-state index in [0.29, 0.717) is 18.1 Å². The standard InChI is InChI=1S/C26H36N4O5S/c1-5-9-18(10-7-6-8-11-23(31)34-26(2,3)4)24-28-25(35-29-24)19-12-13-20-15-27-30(22(20)14-19)21-16-36(32,33)17-21/h12-15,18,21H,5-11,16-17H2,1-4H3. The lowest BCUT2D eigenvalue weighted by molar-refractivity contribution is -0.154. The van der Waals surface area contributed by atoms with Crippen molar-refractivity contribution in [2.45, 2.75) is 90.2 Å². The number of rotatable bonds is 11. The monoisotopic (exact) mass is 516 g/mol. The van der Waals surface area contributed by atoms with Crippen LogP contribution >= 0.6 is 0 Å². The van der Waals surface area contributed by atoms with Gasteiger partial charge in [-0.2, -0.15) is 10.1 Å². The number of hydrogen-bond acceptors (Lipinski definition) is 8. The summed E-state index contributed by atoms with van der Waals surface area (Å²) in [6.07, 6.45) is 7.84. The molecule has 1 aromatic carbocycles. The van der Waals surface area contributed by atoms with Crippen LogP contribution in [0.3, 0.4) is 0 Å².